The monoisotopic (exact) mass is 211 g/mol. The molecule has 1 saturated heterocycles. The Morgan fingerprint density at radius 3 is 2.80 bits per heavy atom. The minimum absolute atomic E-state index is 0.0326. The Kier molecular flexibility index (Phi) is 3.02. The number of rotatable bonds is 3. The zero-order valence-corrected chi connectivity index (χ0v) is 9.14. The molecule has 0 amide bonds. The van der Waals surface area contributed by atoms with E-state index in [0.717, 1.165) is 12.8 Å². The minimum atomic E-state index is -0.0326. The fraction of sp³-hybridized carbons (Fsp3) is 0.800. The summed E-state index contributed by atoms with van der Waals surface area (Å²) in [5, 5.41) is 3.94. The molecule has 0 radical (unpaired) electrons. The third kappa shape index (κ3) is 2.18. The van der Waals surface area contributed by atoms with E-state index in [1.54, 1.807) is 0 Å². The van der Waals surface area contributed by atoms with Crippen LogP contribution < -0.4 is 5.73 Å². The Hall–Kier alpha value is -0.940. The smallest absolute Gasteiger partial charge is 0.229 e. The van der Waals surface area contributed by atoms with E-state index >= 15 is 0 Å². The van der Waals surface area contributed by atoms with Crippen molar-refractivity contribution in [3.8, 4) is 0 Å². The summed E-state index contributed by atoms with van der Waals surface area (Å²) in [7, 11) is 0. The van der Waals surface area contributed by atoms with E-state index in [2.05, 4.69) is 10.1 Å². The summed E-state index contributed by atoms with van der Waals surface area (Å²) >= 11 is 0. The summed E-state index contributed by atoms with van der Waals surface area (Å²) in [6.45, 7) is 4.61. The predicted octanol–water partition coefficient (Wildman–Crippen LogP) is 1.37. The molecule has 1 aliphatic heterocycles. The Bertz CT molecular complexity index is 324. The summed E-state index contributed by atoms with van der Waals surface area (Å²) < 4.78 is 10.8. The van der Waals surface area contributed by atoms with Crippen LogP contribution in [0.5, 0.6) is 0 Å². The first-order valence-corrected chi connectivity index (χ1v) is 5.39. The van der Waals surface area contributed by atoms with Gasteiger partial charge in [-0.3, -0.25) is 0 Å². The summed E-state index contributed by atoms with van der Waals surface area (Å²) in [4.78, 5) is 4.32. The maximum atomic E-state index is 5.68. The summed E-state index contributed by atoms with van der Waals surface area (Å²) in [5.41, 5.74) is 5.54. The van der Waals surface area contributed by atoms with E-state index in [4.69, 9.17) is 15.0 Å². The highest BCUT2D eigenvalue weighted by atomic mass is 16.5. The van der Waals surface area contributed by atoms with Crippen LogP contribution >= 0.6 is 0 Å². The van der Waals surface area contributed by atoms with Gasteiger partial charge in [-0.05, 0) is 12.8 Å². The van der Waals surface area contributed by atoms with Crippen molar-refractivity contribution in [3.05, 3.63) is 11.7 Å². The van der Waals surface area contributed by atoms with Crippen molar-refractivity contribution in [3.63, 3.8) is 0 Å². The van der Waals surface area contributed by atoms with E-state index < -0.39 is 0 Å². The molecule has 0 aromatic carbocycles. The van der Waals surface area contributed by atoms with Crippen LogP contribution in [0.3, 0.4) is 0 Å². The third-order valence-electron chi connectivity index (χ3n) is 2.61. The second-order valence-corrected chi connectivity index (χ2v) is 4.21. The van der Waals surface area contributed by atoms with Crippen molar-refractivity contribution in [1.82, 2.24) is 10.1 Å². The quantitative estimate of drug-likeness (QED) is 0.817. The first-order valence-electron chi connectivity index (χ1n) is 5.39. The molecule has 5 heteroatoms. The number of aromatic nitrogens is 2. The Labute approximate surface area is 89.0 Å². The van der Waals surface area contributed by atoms with Crippen LogP contribution in [0.2, 0.25) is 0 Å². The number of ether oxygens (including phenoxy) is 1. The molecule has 1 aliphatic rings. The third-order valence-corrected chi connectivity index (χ3v) is 2.61. The van der Waals surface area contributed by atoms with Gasteiger partial charge in [0.05, 0.1) is 6.10 Å². The molecule has 15 heavy (non-hydrogen) atoms. The lowest BCUT2D eigenvalue weighted by Crippen LogP contribution is -2.19. The first-order chi connectivity index (χ1) is 7.20. The van der Waals surface area contributed by atoms with Crippen LogP contribution in [0.4, 0.5) is 0 Å². The van der Waals surface area contributed by atoms with Crippen LogP contribution in [0, 0.1) is 0 Å². The van der Waals surface area contributed by atoms with E-state index in [-0.39, 0.29) is 18.1 Å². The fourth-order valence-electron chi connectivity index (χ4n) is 1.68. The molecule has 84 valence electrons. The Morgan fingerprint density at radius 2 is 2.27 bits per heavy atom. The van der Waals surface area contributed by atoms with Gasteiger partial charge in [0.2, 0.25) is 11.7 Å². The molecule has 0 spiro atoms. The maximum absolute atomic E-state index is 5.68. The molecular formula is C10H17N3O2. The summed E-state index contributed by atoms with van der Waals surface area (Å²) in [6.07, 6.45) is 2.02. The lowest BCUT2D eigenvalue weighted by Gasteiger charge is -2.07. The van der Waals surface area contributed by atoms with Gasteiger partial charge in [-0.1, -0.05) is 19.0 Å². The SMILES string of the molecule is CC(C)c1nc(C2CCC(CN)O2)no1. The van der Waals surface area contributed by atoms with Gasteiger partial charge in [-0.25, -0.2) is 0 Å². The van der Waals surface area contributed by atoms with Crippen LogP contribution in [-0.2, 0) is 4.74 Å². The Morgan fingerprint density at radius 1 is 1.47 bits per heavy atom. The lowest BCUT2D eigenvalue weighted by molar-refractivity contribution is 0.0435. The van der Waals surface area contributed by atoms with Crippen molar-refractivity contribution >= 4 is 0 Å². The average Bonchev–Trinajstić information content (AvgIpc) is 2.86. The summed E-state index contributed by atoms with van der Waals surface area (Å²) in [5.74, 6) is 1.59. The highest BCUT2D eigenvalue weighted by molar-refractivity contribution is 4.96. The fourth-order valence-corrected chi connectivity index (χ4v) is 1.68. The molecule has 0 saturated carbocycles. The summed E-state index contributed by atoms with van der Waals surface area (Å²) in [6, 6.07) is 0. The van der Waals surface area contributed by atoms with Gasteiger partial charge in [0.15, 0.2) is 0 Å². The number of hydrogen-bond donors (Lipinski definition) is 1. The van der Waals surface area contributed by atoms with Gasteiger partial charge in [0, 0.05) is 12.5 Å². The van der Waals surface area contributed by atoms with Gasteiger partial charge in [0.1, 0.15) is 6.10 Å². The Balaban J connectivity index is 2.04. The van der Waals surface area contributed by atoms with Gasteiger partial charge in [-0.15, -0.1) is 0 Å². The van der Waals surface area contributed by atoms with Crippen molar-refractivity contribution in [2.75, 3.05) is 6.54 Å². The van der Waals surface area contributed by atoms with Crippen molar-refractivity contribution < 1.29 is 9.26 Å². The van der Waals surface area contributed by atoms with Crippen LogP contribution in [0.15, 0.2) is 4.52 Å². The molecule has 0 aliphatic carbocycles. The second kappa shape index (κ2) is 4.28. The molecule has 2 N–H and O–H groups in total. The molecule has 2 unspecified atom stereocenters. The van der Waals surface area contributed by atoms with E-state index in [9.17, 15) is 0 Å². The maximum Gasteiger partial charge on any atom is 0.229 e. The van der Waals surface area contributed by atoms with Crippen LogP contribution in [-0.4, -0.2) is 22.8 Å². The minimum Gasteiger partial charge on any atom is -0.366 e. The molecule has 1 aromatic rings. The van der Waals surface area contributed by atoms with E-state index in [1.807, 2.05) is 13.8 Å². The van der Waals surface area contributed by atoms with Gasteiger partial charge >= 0.3 is 0 Å². The predicted molar refractivity (Wildman–Crippen MR) is 54.3 cm³/mol. The zero-order chi connectivity index (χ0) is 10.8. The van der Waals surface area contributed by atoms with E-state index in [1.165, 1.54) is 0 Å². The zero-order valence-electron chi connectivity index (χ0n) is 9.14. The van der Waals surface area contributed by atoms with Crippen LogP contribution in [0.25, 0.3) is 0 Å². The normalized spacial score (nSPS) is 26.4. The van der Waals surface area contributed by atoms with E-state index in [0.29, 0.717) is 18.3 Å². The topological polar surface area (TPSA) is 74.2 Å². The largest absolute Gasteiger partial charge is 0.366 e. The molecular weight excluding hydrogens is 194 g/mol. The number of nitrogens with two attached hydrogens (primary N) is 1. The molecule has 0 bridgehead atoms. The number of nitrogens with zero attached hydrogens (tertiary/aromatic N) is 2. The standard InChI is InChI=1S/C10H17N3O2/c1-6(2)10-12-9(13-15-10)8-4-3-7(5-11)14-8/h6-8H,3-5,11H2,1-2H3. The van der Waals surface area contributed by atoms with Gasteiger partial charge < -0.3 is 15.0 Å². The first kappa shape index (κ1) is 10.6. The second-order valence-electron chi connectivity index (χ2n) is 4.21. The van der Waals surface area contributed by atoms with Crippen molar-refractivity contribution in [1.29, 1.82) is 0 Å². The molecule has 1 fully saturated rings. The van der Waals surface area contributed by atoms with Crippen molar-refractivity contribution in [2.45, 2.75) is 44.8 Å². The van der Waals surface area contributed by atoms with Gasteiger partial charge in [-0.2, -0.15) is 4.98 Å². The van der Waals surface area contributed by atoms with Gasteiger partial charge in [0.25, 0.3) is 0 Å². The number of hydrogen-bond acceptors (Lipinski definition) is 5. The average molecular weight is 211 g/mol. The molecule has 2 atom stereocenters. The molecule has 1 aromatic heterocycles. The molecule has 2 rings (SSSR count). The highest BCUT2D eigenvalue weighted by Gasteiger charge is 2.29. The van der Waals surface area contributed by atoms with Crippen LogP contribution in [0.1, 0.15) is 50.4 Å². The highest BCUT2D eigenvalue weighted by Crippen LogP contribution is 2.31. The lowest BCUT2D eigenvalue weighted by atomic mass is 10.2. The van der Waals surface area contributed by atoms with Crippen molar-refractivity contribution in [2.24, 2.45) is 5.73 Å². The molecule has 5 nitrogen and oxygen atoms in total. The molecule has 2 heterocycles.